The summed E-state index contributed by atoms with van der Waals surface area (Å²) in [5, 5.41) is 0. The summed E-state index contributed by atoms with van der Waals surface area (Å²) in [6.45, 7) is 8.41. The second kappa shape index (κ2) is 2.75. The van der Waals surface area contributed by atoms with Gasteiger partial charge < -0.3 is 4.90 Å². The molecule has 0 aromatic heterocycles. The van der Waals surface area contributed by atoms with E-state index in [1.54, 1.807) is 0 Å². The number of carbonyl (C=O) groups excluding carboxylic acids is 1. The predicted molar refractivity (Wildman–Crippen MR) is 49.8 cm³/mol. The average molecular weight is 169 g/mol. The van der Waals surface area contributed by atoms with Crippen molar-refractivity contribution in [2.75, 3.05) is 7.05 Å². The average Bonchev–Trinajstić information content (AvgIpc) is 2.56. The van der Waals surface area contributed by atoms with Crippen molar-refractivity contribution in [3.05, 3.63) is 0 Å². The monoisotopic (exact) mass is 169 g/mol. The van der Waals surface area contributed by atoms with E-state index in [4.69, 9.17) is 0 Å². The van der Waals surface area contributed by atoms with Crippen molar-refractivity contribution < 1.29 is 4.79 Å². The first-order valence-corrected chi connectivity index (χ1v) is 4.63. The molecule has 0 radical (unpaired) electrons. The van der Waals surface area contributed by atoms with Gasteiger partial charge in [0.25, 0.3) is 0 Å². The molecule has 1 rings (SSSR count). The summed E-state index contributed by atoms with van der Waals surface area (Å²) < 4.78 is 0. The molecule has 0 bridgehead atoms. The molecule has 1 saturated carbocycles. The molecule has 2 heteroatoms. The quantitative estimate of drug-likeness (QED) is 0.618. The highest BCUT2D eigenvalue weighted by molar-refractivity contribution is 5.82. The van der Waals surface area contributed by atoms with Crippen LogP contribution in [0, 0.1) is 11.3 Å². The lowest BCUT2D eigenvalue weighted by Gasteiger charge is -2.22. The summed E-state index contributed by atoms with van der Waals surface area (Å²) in [7, 11) is 1.89. The molecule has 70 valence electrons. The summed E-state index contributed by atoms with van der Waals surface area (Å²) in [5.41, 5.74) is 0.264. The smallest absolute Gasteiger partial charge is 0.226 e. The highest BCUT2D eigenvalue weighted by Gasteiger charge is 2.51. The van der Waals surface area contributed by atoms with Gasteiger partial charge in [0, 0.05) is 19.0 Å². The van der Waals surface area contributed by atoms with Crippen LogP contribution in [0.5, 0.6) is 0 Å². The molecule has 0 heterocycles. The van der Waals surface area contributed by atoms with Gasteiger partial charge in [0.15, 0.2) is 0 Å². The Kier molecular flexibility index (Phi) is 2.19. The predicted octanol–water partition coefficient (Wildman–Crippen LogP) is 1.90. The van der Waals surface area contributed by atoms with Crippen molar-refractivity contribution in [2.45, 2.75) is 40.2 Å². The molecule has 0 N–H and O–H groups in total. The molecule has 1 amide bonds. The van der Waals surface area contributed by atoms with Crippen molar-refractivity contribution in [1.29, 1.82) is 0 Å². The first-order valence-electron chi connectivity index (χ1n) is 4.63. The van der Waals surface area contributed by atoms with E-state index in [9.17, 15) is 4.79 Å². The third-order valence-corrected chi connectivity index (χ3v) is 2.93. The maximum atomic E-state index is 11.7. The molecule has 0 saturated heterocycles. The van der Waals surface area contributed by atoms with Crippen LogP contribution in [0.25, 0.3) is 0 Å². The lowest BCUT2D eigenvalue weighted by molar-refractivity contribution is -0.133. The topological polar surface area (TPSA) is 20.3 Å². The normalized spacial score (nSPS) is 25.7. The fourth-order valence-corrected chi connectivity index (χ4v) is 1.39. The molecular formula is C10H19NO. The van der Waals surface area contributed by atoms with Crippen molar-refractivity contribution >= 4 is 5.91 Å². The van der Waals surface area contributed by atoms with Crippen LogP contribution in [0.2, 0.25) is 0 Å². The Balaban J connectivity index is 2.51. The van der Waals surface area contributed by atoms with Crippen LogP contribution in [0.4, 0.5) is 0 Å². The Morgan fingerprint density at radius 2 is 1.92 bits per heavy atom. The molecule has 0 aliphatic heterocycles. The molecule has 0 aromatic rings. The van der Waals surface area contributed by atoms with Gasteiger partial charge >= 0.3 is 0 Å². The van der Waals surface area contributed by atoms with E-state index in [-0.39, 0.29) is 11.3 Å². The van der Waals surface area contributed by atoms with Gasteiger partial charge in [-0.1, -0.05) is 13.8 Å². The number of nitrogens with zero attached hydrogens (tertiary/aromatic N) is 1. The molecule has 1 aliphatic rings. The lowest BCUT2D eigenvalue weighted by atomic mass is 10.1. The van der Waals surface area contributed by atoms with E-state index in [0.29, 0.717) is 11.9 Å². The van der Waals surface area contributed by atoms with Crippen LogP contribution in [0.3, 0.4) is 0 Å². The molecular weight excluding hydrogens is 150 g/mol. The van der Waals surface area contributed by atoms with E-state index in [0.717, 1.165) is 6.42 Å². The van der Waals surface area contributed by atoms with E-state index in [1.165, 1.54) is 0 Å². The molecule has 1 unspecified atom stereocenters. The number of carbonyl (C=O) groups is 1. The van der Waals surface area contributed by atoms with Crippen LogP contribution in [-0.4, -0.2) is 23.9 Å². The number of amides is 1. The standard InChI is InChI=1S/C10H19NO/c1-7(2)11(5)9(12)8-6-10(8,3)4/h7-8H,6H2,1-5H3. The fraction of sp³-hybridized carbons (Fsp3) is 0.900. The minimum absolute atomic E-state index is 0.264. The molecule has 1 atom stereocenters. The number of hydrogen-bond donors (Lipinski definition) is 0. The largest absolute Gasteiger partial charge is 0.343 e. The highest BCUT2D eigenvalue weighted by atomic mass is 16.2. The molecule has 0 aromatic carbocycles. The molecule has 1 fully saturated rings. The van der Waals surface area contributed by atoms with E-state index in [1.807, 2.05) is 25.8 Å². The first kappa shape index (κ1) is 9.56. The van der Waals surface area contributed by atoms with Crippen molar-refractivity contribution in [3.63, 3.8) is 0 Å². The van der Waals surface area contributed by atoms with Crippen LogP contribution < -0.4 is 0 Å². The Bertz CT molecular complexity index is 192. The minimum atomic E-state index is 0.264. The third kappa shape index (κ3) is 1.62. The van der Waals surface area contributed by atoms with E-state index < -0.39 is 0 Å². The van der Waals surface area contributed by atoms with E-state index >= 15 is 0 Å². The zero-order chi connectivity index (χ0) is 9.52. The zero-order valence-electron chi connectivity index (χ0n) is 8.72. The van der Waals surface area contributed by atoms with Crippen molar-refractivity contribution in [3.8, 4) is 0 Å². The van der Waals surface area contributed by atoms with Gasteiger partial charge in [-0.2, -0.15) is 0 Å². The van der Waals surface area contributed by atoms with Crippen LogP contribution in [0.15, 0.2) is 0 Å². The summed E-state index contributed by atoms with van der Waals surface area (Å²) in [5.74, 6) is 0.597. The molecule has 1 aliphatic carbocycles. The summed E-state index contributed by atoms with van der Waals surface area (Å²) in [6, 6.07) is 0.328. The Morgan fingerprint density at radius 3 is 2.17 bits per heavy atom. The lowest BCUT2D eigenvalue weighted by Crippen LogP contribution is -2.35. The van der Waals surface area contributed by atoms with E-state index in [2.05, 4.69) is 13.8 Å². The van der Waals surface area contributed by atoms with Gasteiger partial charge in [-0.05, 0) is 25.7 Å². The van der Waals surface area contributed by atoms with Gasteiger partial charge in [0.05, 0.1) is 0 Å². The second-order valence-corrected chi connectivity index (χ2v) is 4.79. The van der Waals surface area contributed by atoms with Gasteiger partial charge in [-0.3, -0.25) is 4.79 Å². The van der Waals surface area contributed by atoms with Crippen LogP contribution in [-0.2, 0) is 4.79 Å². The number of hydrogen-bond acceptors (Lipinski definition) is 1. The Labute approximate surface area is 74.9 Å². The van der Waals surface area contributed by atoms with Gasteiger partial charge in [0.2, 0.25) is 5.91 Å². The maximum Gasteiger partial charge on any atom is 0.226 e. The Morgan fingerprint density at radius 1 is 1.50 bits per heavy atom. The van der Waals surface area contributed by atoms with Crippen molar-refractivity contribution in [2.24, 2.45) is 11.3 Å². The maximum absolute atomic E-state index is 11.7. The van der Waals surface area contributed by atoms with Gasteiger partial charge in [-0.25, -0.2) is 0 Å². The minimum Gasteiger partial charge on any atom is -0.343 e. The summed E-state index contributed by atoms with van der Waals surface area (Å²) in [6.07, 6.45) is 1.06. The number of rotatable bonds is 2. The summed E-state index contributed by atoms with van der Waals surface area (Å²) in [4.78, 5) is 13.5. The second-order valence-electron chi connectivity index (χ2n) is 4.79. The molecule has 12 heavy (non-hydrogen) atoms. The van der Waals surface area contributed by atoms with Crippen LogP contribution in [0.1, 0.15) is 34.1 Å². The van der Waals surface area contributed by atoms with Gasteiger partial charge in [-0.15, -0.1) is 0 Å². The third-order valence-electron chi connectivity index (χ3n) is 2.93. The van der Waals surface area contributed by atoms with Crippen molar-refractivity contribution in [1.82, 2.24) is 4.90 Å². The summed E-state index contributed by atoms with van der Waals surface area (Å²) >= 11 is 0. The van der Waals surface area contributed by atoms with Gasteiger partial charge in [0.1, 0.15) is 0 Å². The molecule has 2 nitrogen and oxygen atoms in total. The molecule has 0 spiro atoms. The first-order chi connectivity index (χ1) is 5.36. The SMILES string of the molecule is CC(C)N(C)C(=O)C1CC1(C)C. The Hall–Kier alpha value is -0.530. The van der Waals surface area contributed by atoms with Crippen LogP contribution >= 0.6 is 0 Å². The highest BCUT2D eigenvalue weighted by Crippen LogP contribution is 2.52. The fourth-order valence-electron chi connectivity index (χ4n) is 1.39. The zero-order valence-corrected chi connectivity index (χ0v) is 8.72.